The van der Waals surface area contributed by atoms with Gasteiger partial charge >= 0.3 is 11.9 Å². The van der Waals surface area contributed by atoms with E-state index in [0.717, 1.165) is 5.39 Å². The van der Waals surface area contributed by atoms with Crippen LogP contribution in [0.4, 0.5) is 0 Å². The standard InChI is InChI=1S/C24H23NO5/c1-5-29-22(27)15(2)23(28)30-19-12-7-6-10-17(19)24(3,4)20-14-13-16-9-8-11-18(26)21(16)25-20/h6-14,26H,2,5H2,1,3-4H3. The average Bonchev–Trinajstić information content (AvgIpc) is 2.73. The average molecular weight is 405 g/mol. The summed E-state index contributed by atoms with van der Waals surface area (Å²) in [7, 11) is 0. The van der Waals surface area contributed by atoms with Gasteiger partial charge in [-0.25, -0.2) is 14.6 Å². The maximum absolute atomic E-state index is 12.4. The molecule has 0 saturated carbocycles. The third-order valence-corrected chi connectivity index (χ3v) is 4.87. The zero-order valence-corrected chi connectivity index (χ0v) is 17.1. The van der Waals surface area contributed by atoms with Crippen molar-refractivity contribution in [1.82, 2.24) is 4.98 Å². The highest BCUT2D eigenvalue weighted by atomic mass is 16.6. The van der Waals surface area contributed by atoms with Crippen molar-refractivity contribution in [3.05, 3.63) is 78.0 Å². The molecule has 2 aromatic carbocycles. The van der Waals surface area contributed by atoms with Crippen LogP contribution in [-0.4, -0.2) is 28.6 Å². The number of ether oxygens (including phenoxy) is 2. The van der Waals surface area contributed by atoms with E-state index < -0.39 is 17.4 Å². The number of hydrogen-bond acceptors (Lipinski definition) is 6. The molecule has 0 aliphatic heterocycles. The van der Waals surface area contributed by atoms with E-state index in [4.69, 9.17) is 9.47 Å². The molecule has 6 heteroatoms. The van der Waals surface area contributed by atoms with E-state index in [1.807, 2.05) is 44.2 Å². The largest absolute Gasteiger partial charge is 0.506 e. The Bertz CT molecular complexity index is 1130. The lowest BCUT2D eigenvalue weighted by Gasteiger charge is -2.27. The number of pyridine rings is 1. The summed E-state index contributed by atoms with van der Waals surface area (Å²) in [5.41, 5.74) is 0.825. The number of carbonyl (C=O) groups is 2. The molecule has 0 amide bonds. The minimum Gasteiger partial charge on any atom is -0.506 e. The van der Waals surface area contributed by atoms with Gasteiger partial charge in [-0.3, -0.25) is 0 Å². The van der Waals surface area contributed by atoms with Gasteiger partial charge in [-0.15, -0.1) is 0 Å². The summed E-state index contributed by atoms with van der Waals surface area (Å²) in [6, 6.07) is 16.0. The summed E-state index contributed by atoms with van der Waals surface area (Å²) in [5.74, 6) is -1.31. The molecule has 1 heterocycles. The normalized spacial score (nSPS) is 11.2. The molecule has 1 aromatic heterocycles. The molecule has 0 spiro atoms. The maximum atomic E-state index is 12.4. The van der Waals surface area contributed by atoms with Crippen LogP contribution in [0.5, 0.6) is 11.5 Å². The van der Waals surface area contributed by atoms with Crippen molar-refractivity contribution in [3.63, 3.8) is 0 Å². The third kappa shape index (κ3) is 4.03. The molecule has 0 unspecified atom stereocenters. The fourth-order valence-electron chi connectivity index (χ4n) is 3.15. The molecule has 0 aliphatic carbocycles. The molecule has 0 aliphatic rings. The van der Waals surface area contributed by atoms with Crippen LogP contribution in [0.25, 0.3) is 10.9 Å². The quantitative estimate of drug-likeness (QED) is 0.216. The van der Waals surface area contributed by atoms with Crippen LogP contribution in [0, 0.1) is 0 Å². The number of aromatic nitrogens is 1. The lowest BCUT2D eigenvalue weighted by molar-refractivity contribution is -0.142. The number of hydrogen-bond donors (Lipinski definition) is 1. The summed E-state index contributed by atoms with van der Waals surface area (Å²) in [5, 5.41) is 11.0. The van der Waals surface area contributed by atoms with Gasteiger partial charge in [-0.05, 0) is 25.1 Å². The minimum absolute atomic E-state index is 0.0931. The zero-order valence-electron chi connectivity index (χ0n) is 17.1. The van der Waals surface area contributed by atoms with Gasteiger partial charge in [0.25, 0.3) is 0 Å². The van der Waals surface area contributed by atoms with E-state index >= 15 is 0 Å². The van der Waals surface area contributed by atoms with Crippen LogP contribution >= 0.6 is 0 Å². The lowest BCUT2D eigenvalue weighted by atomic mass is 9.80. The number of aromatic hydroxyl groups is 1. The van der Waals surface area contributed by atoms with Gasteiger partial charge in [0.15, 0.2) is 0 Å². The summed E-state index contributed by atoms with van der Waals surface area (Å²) < 4.78 is 10.3. The second kappa shape index (κ2) is 8.37. The van der Waals surface area contributed by atoms with Crippen molar-refractivity contribution in [2.24, 2.45) is 0 Å². The number of phenolic OH excluding ortho intramolecular Hbond substituents is 1. The van der Waals surface area contributed by atoms with E-state index in [2.05, 4.69) is 11.6 Å². The highest BCUT2D eigenvalue weighted by Crippen LogP contribution is 2.38. The highest BCUT2D eigenvalue weighted by Gasteiger charge is 2.30. The molecule has 1 N–H and O–H groups in total. The molecule has 6 nitrogen and oxygen atoms in total. The zero-order chi connectivity index (χ0) is 21.9. The first-order valence-electron chi connectivity index (χ1n) is 9.52. The Morgan fingerprint density at radius 3 is 2.50 bits per heavy atom. The van der Waals surface area contributed by atoms with E-state index in [1.54, 1.807) is 31.2 Å². The van der Waals surface area contributed by atoms with Gasteiger partial charge in [0, 0.05) is 16.4 Å². The number of esters is 2. The van der Waals surface area contributed by atoms with Crippen molar-refractivity contribution in [1.29, 1.82) is 0 Å². The Morgan fingerprint density at radius 2 is 1.77 bits per heavy atom. The topological polar surface area (TPSA) is 85.7 Å². The molecule has 0 fully saturated rings. The summed E-state index contributed by atoms with van der Waals surface area (Å²) >= 11 is 0. The first kappa shape index (κ1) is 21.0. The highest BCUT2D eigenvalue weighted by molar-refractivity contribution is 6.14. The van der Waals surface area contributed by atoms with Crippen molar-refractivity contribution in [2.75, 3.05) is 6.61 Å². The molecular formula is C24H23NO5. The van der Waals surface area contributed by atoms with Crippen molar-refractivity contribution >= 4 is 22.8 Å². The van der Waals surface area contributed by atoms with Crippen LogP contribution < -0.4 is 4.74 Å². The predicted octanol–water partition coefficient (Wildman–Crippen LogP) is 4.29. The van der Waals surface area contributed by atoms with Crippen molar-refractivity contribution in [3.8, 4) is 11.5 Å². The van der Waals surface area contributed by atoms with Crippen LogP contribution in [-0.2, 0) is 19.7 Å². The molecule has 3 rings (SSSR count). The van der Waals surface area contributed by atoms with Crippen molar-refractivity contribution in [2.45, 2.75) is 26.2 Å². The fourth-order valence-corrected chi connectivity index (χ4v) is 3.15. The van der Waals surface area contributed by atoms with Gasteiger partial charge in [0.05, 0.1) is 12.3 Å². The molecule has 0 atom stereocenters. The minimum atomic E-state index is -0.874. The molecule has 0 saturated heterocycles. The van der Waals surface area contributed by atoms with E-state index in [9.17, 15) is 14.7 Å². The third-order valence-electron chi connectivity index (χ3n) is 4.87. The SMILES string of the molecule is C=C(C(=O)OCC)C(=O)Oc1ccccc1C(C)(C)c1ccc2cccc(O)c2n1. The van der Waals surface area contributed by atoms with Crippen molar-refractivity contribution < 1.29 is 24.2 Å². The Kier molecular flexibility index (Phi) is 5.87. The smallest absolute Gasteiger partial charge is 0.350 e. The van der Waals surface area contributed by atoms with E-state index in [-0.39, 0.29) is 23.7 Å². The van der Waals surface area contributed by atoms with E-state index in [1.165, 1.54) is 0 Å². The number of rotatable bonds is 6. The Morgan fingerprint density at radius 1 is 1.03 bits per heavy atom. The predicted molar refractivity (Wildman–Crippen MR) is 113 cm³/mol. The maximum Gasteiger partial charge on any atom is 0.350 e. The fraction of sp³-hybridized carbons (Fsp3) is 0.208. The van der Waals surface area contributed by atoms with Crippen LogP contribution in [0.1, 0.15) is 32.0 Å². The number of carbonyl (C=O) groups excluding carboxylic acids is 2. The molecule has 30 heavy (non-hydrogen) atoms. The monoisotopic (exact) mass is 405 g/mol. The van der Waals surface area contributed by atoms with Crippen LogP contribution in [0.15, 0.2) is 66.7 Å². The van der Waals surface area contributed by atoms with Gasteiger partial charge in [-0.1, -0.05) is 56.8 Å². The summed E-state index contributed by atoms with van der Waals surface area (Å²) in [6.45, 7) is 9.13. The van der Waals surface area contributed by atoms with Crippen LogP contribution in [0.3, 0.4) is 0 Å². The van der Waals surface area contributed by atoms with Gasteiger partial charge < -0.3 is 14.6 Å². The molecule has 0 bridgehead atoms. The first-order chi connectivity index (χ1) is 14.3. The molecule has 154 valence electrons. The number of para-hydroxylation sites is 2. The number of fused-ring (bicyclic) bond motifs is 1. The summed E-state index contributed by atoms with van der Waals surface area (Å²) in [4.78, 5) is 28.8. The first-order valence-corrected chi connectivity index (χ1v) is 9.52. The Balaban J connectivity index is 1.98. The number of benzene rings is 2. The second-order valence-corrected chi connectivity index (χ2v) is 7.26. The summed E-state index contributed by atoms with van der Waals surface area (Å²) in [6.07, 6.45) is 0. The van der Waals surface area contributed by atoms with Gasteiger partial charge in [0.2, 0.25) is 0 Å². The molecule has 3 aromatic rings. The Hall–Kier alpha value is -3.67. The Labute approximate surface area is 174 Å². The van der Waals surface area contributed by atoms with Gasteiger partial charge in [-0.2, -0.15) is 0 Å². The number of nitrogens with zero attached hydrogens (tertiary/aromatic N) is 1. The van der Waals surface area contributed by atoms with E-state index in [0.29, 0.717) is 16.8 Å². The molecular weight excluding hydrogens is 382 g/mol. The van der Waals surface area contributed by atoms with Crippen LogP contribution in [0.2, 0.25) is 0 Å². The second-order valence-electron chi connectivity index (χ2n) is 7.26. The lowest BCUT2D eigenvalue weighted by Crippen LogP contribution is -2.24. The molecule has 0 radical (unpaired) electrons. The van der Waals surface area contributed by atoms with Gasteiger partial charge in [0.1, 0.15) is 22.6 Å². The number of phenols is 1.